The lowest BCUT2D eigenvalue weighted by Gasteiger charge is -2.06. The minimum absolute atomic E-state index is 0.577. The summed E-state index contributed by atoms with van der Waals surface area (Å²) in [7, 11) is 0. The van der Waals surface area contributed by atoms with Crippen molar-refractivity contribution < 1.29 is 0 Å². The molecule has 1 unspecified atom stereocenters. The number of halogens is 1. The SMILES string of the molecule is CC(CCl)SCCSc1ccccc1. The van der Waals surface area contributed by atoms with Crippen LogP contribution in [0.5, 0.6) is 0 Å². The van der Waals surface area contributed by atoms with Crippen molar-refractivity contribution in [3.05, 3.63) is 30.3 Å². The summed E-state index contributed by atoms with van der Waals surface area (Å²) in [5.74, 6) is 3.09. The van der Waals surface area contributed by atoms with E-state index in [0.29, 0.717) is 5.25 Å². The van der Waals surface area contributed by atoms with E-state index in [-0.39, 0.29) is 0 Å². The van der Waals surface area contributed by atoms with Gasteiger partial charge >= 0.3 is 0 Å². The van der Waals surface area contributed by atoms with Crippen LogP contribution in [0, 0.1) is 0 Å². The smallest absolute Gasteiger partial charge is 0.0339 e. The first-order chi connectivity index (χ1) is 6.83. The fraction of sp³-hybridized carbons (Fsp3) is 0.455. The van der Waals surface area contributed by atoms with E-state index < -0.39 is 0 Å². The quantitative estimate of drug-likeness (QED) is 0.420. The molecule has 0 spiro atoms. The number of alkyl halides is 1. The van der Waals surface area contributed by atoms with Crippen molar-refractivity contribution in [3.8, 4) is 0 Å². The highest BCUT2D eigenvalue weighted by atomic mass is 35.5. The Balaban J connectivity index is 2.10. The Morgan fingerprint density at radius 3 is 2.57 bits per heavy atom. The highest BCUT2D eigenvalue weighted by molar-refractivity contribution is 8.03. The van der Waals surface area contributed by atoms with Gasteiger partial charge in [-0.15, -0.1) is 23.4 Å². The van der Waals surface area contributed by atoms with E-state index >= 15 is 0 Å². The largest absolute Gasteiger partial charge is 0.157 e. The van der Waals surface area contributed by atoms with Gasteiger partial charge in [0.05, 0.1) is 0 Å². The van der Waals surface area contributed by atoms with E-state index in [1.165, 1.54) is 10.6 Å². The van der Waals surface area contributed by atoms with Crippen LogP contribution in [-0.2, 0) is 0 Å². The summed E-state index contributed by atoms with van der Waals surface area (Å²) >= 11 is 9.57. The Bertz CT molecular complexity index is 238. The van der Waals surface area contributed by atoms with Crippen molar-refractivity contribution in [2.45, 2.75) is 17.1 Å². The third kappa shape index (κ3) is 5.18. The highest BCUT2D eigenvalue weighted by Crippen LogP contribution is 2.20. The van der Waals surface area contributed by atoms with Crippen LogP contribution in [0.4, 0.5) is 0 Å². The van der Waals surface area contributed by atoms with E-state index in [1.807, 2.05) is 29.6 Å². The van der Waals surface area contributed by atoms with Gasteiger partial charge in [-0.25, -0.2) is 0 Å². The lowest BCUT2D eigenvalue weighted by molar-refractivity contribution is 1.12. The zero-order valence-corrected chi connectivity index (χ0v) is 10.7. The standard InChI is InChI=1S/C11H15ClS2/c1-10(9-12)13-7-8-14-11-5-3-2-4-6-11/h2-6,10H,7-9H2,1H3. The van der Waals surface area contributed by atoms with Gasteiger partial charge in [0, 0.05) is 27.5 Å². The summed E-state index contributed by atoms with van der Waals surface area (Å²) in [6, 6.07) is 10.5. The molecule has 0 aliphatic rings. The Morgan fingerprint density at radius 1 is 1.21 bits per heavy atom. The molecule has 1 atom stereocenters. The van der Waals surface area contributed by atoms with Gasteiger partial charge in [-0.2, -0.15) is 11.8 Å². The van der Waals surface area contributed by atoms with Crippen molar-refractivity contribution in [3.63, 3.8) is 0 Å². The summed E-state index contributed by atoms with van der Waals surface area (Å²) < 4.78 is 0. The normalized spacial score (nSPS) is 12.7. The maximum atomic E-state index is 5.72. The second-order valence-electron chi connectivity index (χ2n) is 3.00. The lowest BCUT2D eigenvalue weighted by Crippen LogP contribution is -1.99. The molecule has 0 heterocycles. The molecule has 0 N–H and O–H groups in total. The number of rotatable bonds is 6. The average molecular weight is 247 g/mol. The predicted octanol–water partition coefficient (Wildman–Crippen LogP) is 4.14. The number of hydrogen-bond acceptors (Lipinski definition) is 2. The minimum Gasteiger partial charge on any atom is -0.157 e. The summed E-state index contributed by atoms with van der Waals surface area (Å²) in [6.07, 6.45) is 0. The molecule has 1 aromatic carbocycles. The van der Waals surface area contributed by atoms with Crippen LogP contribution in [0.1, 0.15) is 6.92 Å². The first-order valence-corrected chi connectivity index (χ1v) is 7.25. The fourth-order valence-electron chi connectivity index (χ4n) is 0.970. The number of hydrogen-bond donors (Lipinski definition) is 0. The first kappa shape index (κ1) is 12.3. The zero-order chi connectivity index (χ0) is 10.2. The van der Waals surface area contributed by atoms with Gasteiger partial charge in [-0.05, 0) is 12.1 Å². The third-order valence-electron chi connectivity index (χ3n) is 1.71. The Morgan fingerprint density at radius 2 is 1.93 bits per heavy atom. The maximum absolute atomic E-state index is 5.72. The molecule has 0 amide bonds. The molecular formula is C11H15ClS2. The Hall–Kier alpha value is 0.210. The molecule has 0 aliphatic heterocycles. The van der Waals surface area contributed by atoms with E-state index in [1.54, 1.807) is 0 Å². The van der Waals surface area contributed by atoms with Crippen LogP contribution in [0.15, 0.2) is 35.2 Å². The van der Waals surface area contributed by atoms with Gasteiger partial charge in [0.2, 0.25) is 0 Å². The van der Waals surface area contributed by atoms with Gasteiger partial charge in [0.25, 0.3) is 0 Å². The van der Waals surface area contributed by atoms with Crippen LogP contribution >= 0.6 is 35.1 Å². The molecule has 0 saturated carbocycles. The first-order valence-electron chi connectivity index (χ1n) is 4.68. The van der Waals surface area contributed by atoms with E-state index in [9.17, 15) is 0 Å². The molecule has 0 bridgehead atoms. The average Bonchev–Trinajstić information content (AvgIpc) is 2.25. The van der Waals surface area contributed by atoms with Crippen molar-refractivity contribution in [1.29, 1.82) is 0 Å². The van der Waals surface area contributed by atoms with Crippen LogP contribution in [0.2, 0.25) is 0 Å². The fourth-order valence-corrected chi connectivity index (χ4v) is 3.03. The van der Waals surface area contributed by atoms with E-state index in [0.717, 1.165) is 11.6 Å². The molecule has 0 aliphatic carbocycles. The third-order valence-corrected chi connectivity index (χ3v) is 4.81. The van der Waals surface area contributed by atoms with Crippen LogP contribution in [-0.4, -0.2) is 22.6 Å². The van der Waals surface area contributed by atoms with Crippen LogP contribution < -0.4 is 0 Å². The van der Waals surface area contributed by atoms with Crippen LogP contribution in [0.25, 0.3) is 0 Å². The topological polar surface area (TPSA) is 0 Å². The van der Waals surface area contributed by atoms with E-state index in [4.69, 9.17) is 11.6 Å². The number of thioether (sulfide) groups is 2. The van der Waals surface area contributed by atoms with Crippen molar-refractivity contribution >= 4 is 35.1 Å². The molecule has 78 valence electrons. The highest BCUT2D eigenvalue weighted by Gasteiger charge is 1.99. The molecule has 0 radical (unpaired) electrons. The molecule has 3 heteroatoms. The van der Waals surface area contributed by atoms with Crippen molar-refractivity contribution in [2.75, 3.05) is 17.4 Å². The molecule has 1 aromatic rings. The summed E-state index contributed by atoms with van der Waals surface area (Å²) in [6.45, 7) is 2.17. The van der Waals surface area contributed by atoms with Crippen molar-refractivity contribution in [2.24, 2.45) is 0 Å². The second kappa shape index (κ2) is 7.49. The molecule has 0 aromatic heterocycles. The van der Waals surface area contributed by atoms with Gasteiger partial charge in [-0.1, -0.05) is 25.1 Å². The minimum atomic E-state index is 0.577. The van der Waals surface area contributed by atoms with Gasteiger partial charge in [0.15, 0.2) is 0 Å². The molecule has 0 nitrogen and oxygen atoms in total. The summed E-state index contributed by atoms with van der Waals surface area (Å²) in [5, 5.41) is 0.577. The molecule has 1 rings (SSSR count). The maximum Gasteiger partial charge on any atom is 0.0339 e. The molecule has 0 saturated heterocycles. The summed E-state index contributed by atoms with van der Waals surface area (Å²) in [5.41, 5.74) is 0. The molecular weight excluding hydrogens is 232 g/mol. The Kier molecular flexibility index (Phi) is 6.57. The van der Waals surface area contributed by atoms with E-state index in [2.05, 4.69) is 31.2 Å². The van der Waals surface area contributed by atoms with Gasteiger partial charge < -0.3 is 0 Å². The summed E-state index contributed by atoms with van der Waals surface area (Å²) in [4.78, 5) is 1.35. The zero-order valence-electron chi connectivity index (χ0n) is 8.28. The second-order valence-corrected chi connectivity index (χ2v) is 6.02. The van der Waals surface area contributed by atoms with Gasteiger partial charge in [0.1, 0.15) is 0 Å². The Labute approximate surface area is 99.8 Å². The predicted molar refractivity (Wildman–Crippen MR) is 69.8 cm³/mol. The number of benzene rings is 1. The lowest BCUT2D eigenvalue weighted by atomic mass is 10.4. The van der Waals surface area contributed by atoms with Crippen LogP contribution in [0.3, 0.4) is 0 Å². The molecule has 14 heavy (non-hydrogen) atoms. The van der Waals surface area contributed by atoms with Crippen molar-refractivity contribution in [1.82, 2.24) is 0 Å². The molecule has 0 fully saturated rings. The monoisotopic (exact) mass is 246 g/mol. The van der Waals surface area contributed by atoms with Gasteiger partial charge in [-0.3, -0.25) is 0 Å².